The number of halogens is 2. The maximum atomic E-state index is 10.0. The summed E-state index contributed by atoms with van der Waals surface area (Å²) in [5.74, 6) is 0. The second kappa shape index (κ2) is 11.3. The predicted molar refractivity (Wildman–Crippen MR) is 162 cm³/mol. The van der Waals surface area contributed by atoms with Crippen molar-refractivity contribution in [2.24, 2.45) is 0 Å². The molecular formula is C31H29Cl2N7. The summed E-state index contributed by atoms with van der Waals surface area (Å²) >= 11 is 13.5. The largest absolute Gasteiger partial charge is 0.377 e. The van der Waals surface area contributed by atoms with Gasteiger partial charge in [-0.05, 0) is 48.6 Å². The first-order valence-corrected chi connectivity index (χ1v) is 14.1. The SMILES string of the molecule is [2H][C@](Nc1cc(Cl)c2ncc(C#N)c(N[C@H](CC)c3ccccc3)c2c1)(C1=CN(C2CC2)NN1)c1ccccc1Cl. The number of hydrogen-bond acceptors (Lipinski definition) is 7. The number of hydrogen-bond donors (Lipinski definition) is 4. The van der Waals surface area contributed by atoms with Gasteiger partial charge < -0.3 is 16.1 Å². The van der Waals surface area contributed by atoms with Crippen molar-refractivity contribution in [2.75, 3.05) is 10.6 Å². The number of rotatable bonds is 9. The Balaban J connectivity index is 1.45. The molecule has 4 N–H and O–H groups in total. The molecule has 3 aromatic carbocycles. The fourth-order valence-corrected chi connectivity index (χ4v) is 5.44. The van der Waals surface area contributed by atoms with Gasteiger partial charge >= 0.3 is 0 Å². The van der Waals surface area contributed by atoms with Crippen molar-refractivity contribution in [1.29, 1.82) is 5.26 Å². The molecule has 2 aliphatic rings. The minimum absolute atomic E-state index is 0.0324. The Morgan fingerprint density at radius 2 is 1.88 bits per heavy atom. The Morgan fingerprint density at radius 3 is 2.60 bits per heavy atom. The van der Waals surface area contributed by atoms with Gasteiger partial charge in [-0.2, -0.15) is 5.26 Å². The van der Waals surface area contributed by atoms with Gasteiger partial charge in [0.15, 0.2) is 0 Å². The zero-order chi connectivity index (χ0) is 28.6. The van der Waals surface area contributed by atoms with Crippen LogP contribution in [0.4, 0.5) is 11.4 Å². The summed E-state index contributed by atoms with van der Waals surface area (Å²) in [5, 5.41) is 20.5. The van der Waals surface area contributed by atoms with Gasteiger partial charge in [0.25, 0.3) is 0 Å². The average molecular weight is 572 g/mol. The summed E-state index contributed by atoms with van der Waals surface area (Å²) in [7, 11) is 0. The summed E-state index contributed by atoms with van der Waals surface area (Å²) in [6, 6.07) is 22.2. The molecule has 7 nitrogen and oxygen atoms in total. The topological polar surface area (TPSA) is 88.0 Å². The van der Waals surface area contributed by atoms with E-state index in [1.807, 2.05) is 53.7 Å². The first kappa shape index (κ1) is 25.0. The van der Waals surface area contributed by atoms with Crippen molar-refractivity contribution in [3.63, 3.8) is 0 Å². The van der Waals surface area contributed by atoms with Crippen LogP contribution in [-0.2, 0) is 0 Å². The molecule has 0 unspecified atom stereocenters. The number of anilines is 2. The first-order chi connectivity index (χ1) is 19.9. The standard InChI is InChI=1S/C31H29Cl2N7/c1-2-27(19-8-4-3-5-9-19)37-29-20(16-34)17-35-30-24(29)14-21(15-26(30)33)36-31(23-10-6-7-11-25(23)32)28-18-40(39-38-28)22-12-13-22/h3-11,14-15,17-18,22,27,31,36,38-39H,2,12-13H2,1H3,(H,35,37)/t27-,31-/m1/s1/i31D. The third-order valence-corrected chi connectivity index (χ3v) is 7.80. The lowest BCUT2D eigenvalue weighted by atomic mass is 10.0. The molecule has 6 rings (SSSR count). The Labute approximate surface area is 245 Å². The quantitative estimate of drug-likeness (QED) is 0.166. The smallest absolute Gasteiger partial charge is 0.103 e. The molecular weight excluding hydrogens is 541 g/mol. The van der Waals surface area contributed by atoms with E-state index in [4.69, 9.17) is 23.2 Å². The molecule has 202 valence electrons. The van der Waals surface area contributed by atoms with E-state index >= 15 is 0 Å². The third kappa shape index (κ3) is 5.26. The van der Waals surface area contributed by atoms with E-state index in [-0.39, 0.29) is 6.04 Å². The number of hydrazine groups is 2. The second-order valence-corrected chi connectivity index (χ2v) is 10.7. The normalized spacial score (nSPS) is 17.3. The lowest BCUT2D eigenvalue weighted by molar-refractivity contribution is 0.260. The van der Waals surface area contributed by atoms with Gasteiger partial charge in [0.1, 0.15) is 6.07 Å². The highest BCUT2D eigenvalue weighted by molar-refractivity contribution is 6.36. The number of nitrogens with zero attached hydrogens (tertiary/aromatic N) is 3. The van der Waals surface area contributed by atoms with Gasteiger partial charge in [0.05, 0.1) is 40.9 Å². The zero-order valence-electron chi connectivity index (χ0n) is 22.9. The second-order valence-electron chi connectivity index (χ2n) is 9.93. The fourth-order valence-electron chi connectivity index (χ4n) is 4.95. The number of fused-ring (bicyclic) bond motifs is 1. The molecule has 1 aliphatic carbocycles. The van der Waals surface area contributed by atoms with E-state index in [2.05, 4.69) is 51.7 Å². The van der Waals surface area contributed by atoms with Gasteiger partial charge in [0, 0.05) is 34.5 Å². The molecule has 0 amide bonds. The number of benzene rings is 3. The summed E-state index contributed by atoms with van der Waals surface area (Å²) in [6.07, 6.45) is 6.45. The van der Waals surface area contributed by atoms with Gasteiger partial charge in [0.2, 0.25) is 0 Å². The molecule has 40 heavy (non-hydrogen) atoms. The Kier molecular flexibility index (Phi) is 7.05. The van der Waals surface area contributed by atoms with Crippen LogP contribution in [0.5, 0.6) is 0 Å². The van der Waals surface area contributed by atoms with E-state index in [0.29, 0.717) is 55.2 Å². The first-order valence-electron chi connectivity index (χ1n) is 13.8. The minimum Gasteiger partial charge on any atom is -0.377 e. The van der Waals surface area contributed by atoms with Crippen LogP contribution in [-0.4, -0.2) is 16.0 Å². The van der Waals surface area contributed by atoms with Crippen LogP contribution in [0.2, 0.25) is 10.0 Å². The molecule has 4 aromatic rings. The van der Waals surface area contributed by atoms with E-state index in [9.17, 15) is 6.63 Å². The molecule has 2 atom stereocenters. The van der Waals surface area contributed by atoms with Crippen molar-refractivity contribution < 1.29 is 1.37 Å². The van der Waals surface area contributed by atoms with Crippen LogP contribution < -0.4 is 21.6 Å². The molecule has 0 spiro atoms. The van der Waals surface area contributed by atoms with Crippen molar-refractivity contribution in [3.8, 4) is 6.07 Å². The summed E-state index contributed by atoms with van der Waals surface area (Å²) in [4.78, 5) is 4.51. The van der Waals surface area contributed by atoms with Crippen LogP contribution in [0.25, 0.3) is 10.9 Å². The lowest BCUT2D eigenvalue weighted by Crippen LogP contribution is -2.38. The molecule has 1 aromatic heterocycles. The highest BCUT2D eigenvalue weighted by Crippen LogP contribution is 2.39. The highest BCUT2D eigenvalue weighted by atomic mass is 35.5. The average Bonchev–Trinajstić information content (AvgIpc) is 3.71. The van der Waals surface area contributed by atoms with E-state index in [1.54, 1.807) is 18.3 Å². The fraction of sp³-hybridized carbons (Fsp3) is 0.226. The third-order valence-electron chi connectivity index (χ3n) is 7.18. The van der Waals surface area contributed by atoms with Gasteiger partial charge in [-0.15, -0.1) is 5.53 Å². The summed E-state index contributed by atoms with van der Waals surface area (Å²) < 4.78 is 9.73. The van der Waals surface area contributed by atoms with E-state index < -0.39 is 6.02 Å². The molecule has 0 saturated heterocycles. The number of nitrogens with one attached hydrogen (secondary N) is 4. The van der Waals surface area contributed by atoms with Gasteiger partial charge in [-0.1, -0.05) is 78.7 Å². The lowest BCUT2D eigenvalue weighted by Gasteiger charge is -2.24. The molecule has 1 saturated carbocycles. The zero-order valence-corrected chi connectivity index (χ0v) is 23.4. The molecule has 0 bridgehead atoms. The molecule has 0 radical (unpaired) electrons. The van der Waals surface area contributed by atoms with Crippen molar-refractivity contribution in [1.82, 2.24) is 21.0 Å². The van der Waals surface area contributed by atoms with Crippen LogP contribution in [0.1, 0.15) is 56.3 Å². The van der Waals surface area contributed by atoms with E-state index in [1.165, 1.54) is 0 Å². The predicted octanol–water partition coefficient (Wildman–Crippen LogP) is 7.46. The highest BCUT2D eigenvalue weighted by Gasteiger charge is 2.32. The summed E-state index contributed by atoms with van der Waals surface area (Å²) in [6.45, 7) is 2.10. The Bertz CT molecular complexity index is 1670. The molecule has 1 fully saturated rings. The Hall–Kier alpha value is -3.96. The van der Waals surface area contributed by atoms with Crippen LogP contribution >= 0.6 is 23.2 Å². The number of nitriles is 1. The van der Waals surface area contributed by atoms with Crippen molar-refractivity contribution in [2.45, 2.75) is 44.3 Å². The maximum absolute atomic E-state index is 10.0. The molecule has 2 heterocycles. The van der Waals surface area contributed by atoms with Crippen LogP contribution in [0.3, 0.4) is 0 Å². The summed E-state index contributed by atoms with van der Waals surface area (Å²) in [5.41, 5.74) is 10.8. The van der Waals surface area contributed by atoms with Crippen molar-refractivity contribution in [3.05, 3.63) is 112 Å². The molecule has 1 aliphatic heterocycles. The van der Waals surface area contributed by atoms with Crippen molar-refractivity contribution >= 4 is 45.5 Å². The molecule has 9 heteroatoms. The van der Waals surface area contributed by atoms with E-state index in [0.717, 1.165) is 24.8 Å². The Morgan fingerprint density at radius 1 is 1.10 bits per heavy atom. The number of aromatic nitrogens is 1. The van der Waals surface area contributed by atoms with Gasteiger partial charge in [-0.25, -0.2) is 0 Å². The monoisotopic (exact) mass is 570 g/mol. The van der Waals surface area contributed by atoms with Crippen LogP contribution in [0, 0.1) is 11.3 Å². The van der Waals surface area contributed by atoms with Gasteiger partial charge in [-0.3, -0.25) is 9.99 Å². The minimum atomic E-state index is -1.49. The number of pyridine rings is 1. The maximum Gasteiger partial charge on any atom is 0.103 e. The van der Waals surface area contributed by atoms with Crippen LogP contribution in [0.15, 0.2) is 84.8 Å².